The van der Waals surface area contributed by atoms with Crippen molar-refractivity contribution < 1.29 is 9.22 Å². The van der Waals surface area contributed by atoms with E-state index >= 15 is 0 Å². The Morgan fingerprint density at radius 2 is 1.62 bits per heavy atom. The van der Waals surface area contributed by atoms with E-state index in [2.05, 4.69) is 53.5 Å². The molecule has 2 aliphatic carbocycles. The molecule has 0 bridgehead atoms. The maximum Gasteiger partial charge on any atom is 0.192 e. The number of carbonyl (C=O) groups is 1. The Kier molecular flexibility index (Phi) is 4.22. The molecule has 2 aliphatic rings. The summed E-state index contributed by atoms with van der Waals surface area (Å²) in [5.74, 6) is 0.939. The Morgan fingerprint density at radius 3 is 2.10 bits per heavy atom. The highest BCUT2D eigenvalue weighted by atomic mass is 28.4. The Labute approximate surface area is 132 Å². The summed E-state index contributed by atoms with van der Waals surface area (Å²) in [7, 11) is -3.21. The van der Waals surface area contributed by atoms with Crippen LogP contribution in [-0.2, 0) is 9.22 Å². The molecule has 0 amide bonds. The lowest BCUT2D eigenvalue weighted by Gasteiger charge is -2.38. The van der Waals surface area contributed by atoms with Gasteiger partial charge in [-0.1, -0.05) is 46.0 Å². The van der Waals surface area contributed by atoms with Gasteiger partial charge in [0.05, 0.1) is 8.07 Å². The second-order valence-corrected chi connectivity index (χ2v) is 19.2. The molecule has 4 heteroatoms. The minimum Gasteiger partial charge on any atom is -0.414 e. The maximum absolute atomic E-state index is 12.3. The summed E-state index contributed by atoms with van der Waals surface area (Å²) in [5.41, 5.74) is 1.47. The number of hydrogen-bond donors (Lipinski definition) is 0. The van der Waals surface area contributed by atoms with Crippen molar-refractivity contribution in [3.63, 3.8) is 0 Å². The van der Waals surface area contributed by atoms with Crippen LogP contribution in [-0.4, -0.2) is 28.3 Å². The van der Waals surface area contributed by atoms with Gasteiger partial charge in [0.2, 0.25) is 0 Å². The Morgan fingerprint density at radius 1 is 1.05 bits per heavy atom. The minimum absolute atomic E-state index is 0.260. The first-order valence-corrected chi connectivity index (χ1v) is 14.7. The first kappa shape index (κ1) is 17.2. The van der Waals surface area contributed by atoms with Crippen LogP contribution < -0.4 is 0 Å². The quantitative estimate of drug-likeness (QED) is 0.688. The highest BCUT2D eigenvalue weighted by Gasteiger charge is 2.46. The molecule has 0 aromatic carbocycles. The summed E-state index contributed by atoms with van der Waals surface area (Å²) in [4.78, 5) is 12.3. The van der Waals surface area contributed by atoms with E-state index in [-0.39, 0.29) is 5.04 Å². The van der Waals surface area contributed by atoms with Crippen LogP contribution >= 0.6 is 0 Å². The van der Waals surface area contributed by atoms with E-state index in [1.54, 1.807) is 0 Å². The van der Waals surface area contributed by atoms with E-state index < -0.39 is 16.4 Å². The number of carbonyl (C=O) groups excluding carboxylic acids is 1. The largest absolute Gasteiger partial charge is 0.414 e. The monoisotopic (exact) mass is 324 g/mol. The Bertz CT molecular complexity index is 478. The van der Waals surface area contributed by atoms with Gasteiger partial charge in [-0.15, -0.1) is 0 Å². The molecule has 0 aromatic rings. The molecule has 2 rings (SSSR count). The predicted octanol–water partition coefficient (Wildman–Crippen LogP) is 4.93. The number of hydrogen-bond acceptors (Lipinski definition) is 2. The van der Waals surface area contributed by atoms with Gasteiger partial charge >= 0.3 is 0 Å². The fourth-order valence-electron chi connectivity index (χ4n) is 3.56. The fourth-order valence-corrected chi connectivity index (χ4v) is 7.13. The van der Waals surface area contributed by atoms with Crippen molar-refractivity contribution in [1.82, 2.24) is 0 Å². The van der Waals surface area contributed by atoms with E-state index in [1.165, 1.54) is 10.8 Å². The van der Waals surface area contributed by atoms with Crippen LogP contribution in [0.15, 0.2) is 10.8 Å². The molecule has 0 aliphatic heterocycles. The minimum atomic E-state index is -1.70. The van der Waals surface area contributed by atoms with Crippen LogP contribution in [0.4, 0.5) is 0 Å². The number of ketones is 1. The average molecular weight is 325 g/mol. The van der Waals surface area contributed by atoms with Crippen molar-refractivity contribution in [2.45, 2.75) is 83.9 Å². The number of fused-ring (bicyclic) bond motifs is 1. The van der Waals surface area contributed by atoms with Gasteiger partial charge in [-0.05, 0) is 42.1 Å². The third-order valence-corrected chi connectivity index (χ3v) is 12.2. The third kappa shape index (κ3) is 3.27. The van der Waals surface area contributed by atoms with Crippen LogP contribution in [0.1, 0.15) is 40.0 Å². The molecule has 1 saturated carbocycles. The van der Waals surface area contributed by atoms with Crippen LogP contribution in [0.3, 0.4) is 0 Å². The molecular weight excluding hydrogens is 292 g/mol. The van der Waals surface area contributed by atoms with Crippen molar-refractivity contribution in [3.05, 3.63) is 10.8 Å². The molecule has 120 valence electrons. The van der Waals surface area contributed by atoms with Crippen LogP contribution in [0.2, 0.25) is 37.8 Å². The molecule has 2 nitrogen and oxygen atoms in total. The van der Waals surface area contributed by atoms with Gasteiger partial charge in [-0.3, -0.25) is 4.79 Å². The Hall–Kier alpha value is -0.196. The summed E-state index contributed by atoms with van der Waals surface area (Å²) in [5, 5.41) is 1.50. The highest BCUT2D eigenvalue weighted by Crippen LogP contribution is 2.47. The van der Waals surface area contributed by atoms with Crippen molar-refractivity contribution in [3.8, 4) is 0 Å². The second-order valence-electron chi connectivity index (χ2n) is 9.41. The lowest BCUT2D eigenvalue weighted by molar-refractivity contribution is -0.114. The molecule has 2 atom stereocenters. The summed E-state index contributed by atoms with van der Waals surface area (Å²) >= 11 is 0. The first-order valence-electron chi connectivity index (χ1n) is 8.27. The summed E-state index contributed by atoms with van der Waals surface area (Å²) in [6.07, 6.45) is 3.20. The van der Waals surface area contributed by atoms with Crippen LogP contribution in [0.5, 0.6) is 0 Å². The van der Waals surface area contributed by atoms with E-state index in [0.717, 1.165) is 19.3 Å². The molecule has 0 heterocycles. The molecule has 0 aromatic heterocycles. The van der Waals surface area contributed by atoms with Gasteiger partial charge in [-0.2, -0.15) is 0 Å². The molecule has 0 spiro atoms. The smallest absolute Gasteiger partial charge is 0.192 e. The predicted molar refractivity (Wildman–Crippen MR) is 94.8 cm³/mol. The van der Waals surface area contributed by atoms with E-state index in [9.17, 15) is 4.79 Å². The van der Waals surface area contributed by atoms with Crippen molar-refractivity contribution in [1.29, 1.82) is 0 Å². The van der Waals surface area contributed by atoms with Gasteiger partial charge in [0.1, 0.15) is 0 Å². The maximum atomic E-state index is 12.3. The summed E-state index contributed by atoms with van der Waals surface area (Å²) < 4.78 is 6.60. The van der Waals surface area contributed by atoms with E-state index in [1.807, 2.05) is 0 Å². The summed E-state index contributed by atoms with van der Waals surface area (Å²) in [6, 6.07) is 0. The standard InChI is InChI=1S/C17H32O2Si2/c1-17(2,3)21(7,8)19-13-9-12-10-15(18)16(14(12)11-13)20(4,5)6/h12-13H,9-11H2,1-8H3/t12-,13-/m1/s1. The normalized spacial score (nSPS) is 27.5. The lowest BCUT2D eigenvalue weighted by atomic mass is 10.1. The first-order chi connectivity index (χ1) is 9.33. The molecule has 0 saturated heterocycles. The molecule has 21 heavy (non-hydrogen) atoms. The zero-order valence-corrected chi connectivity index (χ0v) is 17.1. The third-order valence-electron chi connectivity index (χ3n) is 5.54. The topological polar surface area (TPSA) is 26.3 Å². The van der Waals surface area contributed by atoms with Gasteiger partial charge in [0, 0.05) is 12.5 Å². The molecular formula is C17H32O2Si2. The number of allylic oxidation sites excluding steroid dienone is 1. The molecule has 0 N–H and O–H groups in total. The van der Waals surface area contributed by atoms with Gasteiger partial charge in [0.15, 0.2) is 14.1 Å². The SMILES string of the molecule is CC(C)(C)[Si](C)(C)O[C@H]1CC2=C([Si](C)(C)C)C(=O)C[C@H]2C1. The van der Waals surface area contributed by atoms with Gasteiger partial charge in [0.25, 0.3) is 0 Å². The molecule has 0 unspecified atom stereocenters. The van der Waals surface area contributed by atoms with E-state index in [0.29, 0.717) is 17.8 Å². The zero-order valence-electron chi connectivity index (χ0n) is 15.1. The second kappa shape index (κ2) is 5.17. The van der Waals surface area contributed by atoms with E-state index in [4.69, 9.17) is 4.43 Å². The van der Waals surface area contributed by atoms with Crippen molar-refractivity contribution in [2.24, 2.45) is 5.92 Å². The highest BCUT2D eigenvalue weighted by molar-refractivity contribution is 6.87. The zero-order chi connectivity index (χ0) is 16.2. The Balaban J connectivity index is 2.18. The average Bonchev–Trinajstić information content (AvgIpc) is 2.68. The van der Waals surface area contributed by atoms with Gasteiger partial charge < -0.3 is 4.43 Å². The van der Waals surface area contributed by atoms with Crippen LogP contribution in [0.25, 0.3) is 0 Å². The number of Topliss-reactive ketones (excluding diaryl/α,β-unsaturated/α-hetero) is 1. The van der Waals surface area contributed by atoms with Crippen molar-refractivity contribution >= 4 is 22.2 Å². The number of rotatable bonds is 3. The van der Waals surface area contributed by atoms with Gasteiger partial charge in [-0.25, -0.2) is 0 Å². The lowest BCUT2D eigenvalue weighted by Crippen LogP contribution is -2.43. The summed E-state index contributed by atoms with van der Waals surface area (Å²) in [6.45, 7) is 18.5. The fraction of sp³-hybridized carbons (Fsp3) is 0.824. The molecule has 0 radical (unpaired) electrons. The van der Waals surface area contributed by atoms with Crippen LogP contribution in [0, 0.1) is 5.92 Å². The molecule has 1 fully saturated rings. The van der Waals surface area contributed by atoms with Crippen molar-refractivity contribution in [2.75, 3.05) is 0 Å².